The zero-order chi connectivity index (χ0) is 15.1. The molecule has 1 fully saturated rings. The number of rotatable bonds is 5. The van der Waals surface area contributed by atoms with E-state index in [1.54, 1.807) is 11.8 Å². The molecule has 1 atom stereocenters. The van der Waals surface area contributed by atoms with E-state index < -0.39 is 0 Å². The molecule has 0 aliphatic carbocycles. The Kier molecular flexibility index (Phi) is 6.58. The Morgan fingerprint density at radius 1 is 1.24 bits per heavy atom. The highest BCUT2D eigenvalue weighted by atomic mass is 32.2. The molecule has 3 nitrogen and oxygen atoms in total. The van der Waals surface area contributed by atoms with Crippen molar-refractivity contribution in [3.05, 3.63) is 35.9 Å². The van der Waals surface area contributed by atoms with Gasteiger partial charge in [-0.3, -0.25) is 4.79 Å². The van der Waals surface area contributed by atoms with Crippen molar-refractivity contribution in [1.82, 2.24) is 10.2 Å². The Morgan fingerprint density at radius 3 is 2.71 bits per heavy atom. The molecule has 1 saturated heterocycles. The standard InChI is InChI=1S/C17H26N2OS/c1-14(2)16(21-13-15-7-4-3-5-8-15)17(20)19-11-6-9-18-10-12-19/h3-5,7-8,14,16,18H,6,9-13H2,1-2H3. The van der Waals surface area contributed by atoms with Gasteiger partial charge in [-0.25, -0.2) is 0 Å². The second-order valence-electron chi connectivity index (χ2n) is 5.89. The monoisotopic (exact) mass is 306 g/mol. The van der Waals surface area contributed by atoms with Crippen molar-refractivity contribution in [2.75, 3.05) is 26.2 Å². The zero-order valence-corrected chi connectivity index (χ0v) is 13.9. The SMILES string of the molecule is CC(C)C(SCc1ccccc1)C(=O)N1CCCNCC1. The number of nitrogens with zero attached hydrogens (tertiary/aromatic N) is 1. The van der Waals surface area contributed by atoms with Gasteiger partial charge in [0.25, 0.3) is 0 Å². The highest BCUT2D eigenvalue weighted by molar-refractivity contribution is 7.99. The van der Waals surface area contributed by atoms with Crippen LogP contribution in [0.2, 0.25) is 0 Å². The van der Waals surface area contributed by atoms with Gasteiger partial charge in [-0.15, -0.1) is 11.8 Å². The summed E-state index contributed by atoms with van der Waals surface area (Å²) >= 11 is 1.78. The lowest BCUT2D eigenvalue weighted by Crippen LogP contribution is -2.41. The number of thioether (sulfide) groups is 1. The largest absolute Gasteiger partial charge is 0.340 e. The van der Waals surface area contributed by atoms with Crippen LogP contribution in [-0.2, 0) is 10.5 Å². The summed E-state index contributed by atoms with van der Waals surface area (Å²) in [6, 6.07) is 10.4. The number of hydrogen-bond donors (Lipinski definition) is 1. The van der Waals surface area contributed by atoms with E-state index in [1.165, 1.54) is 5.56 Å². The molecular weight excluding hydrogens is 280 g/mol. The Balaban J connectivity index is 1.95. The van der Waals surface area contributed by atoms with Crippen LogP contribution < -0.4 is 5.32 Å². The fraction of sp³-hybridized carbons (Fsp3) is 0.588. The summed E-state index contributed by atoms with van der Waals surface area (Å²) in [7, 11) is 0. The van der Waals surface area contributed by atoms with Gasteiger partial charge in [0, 0.05) is 25.4 Å². The van der Waals surface area contributed by atoms with Crippen LogP contribution in [0.5, 0.6) is 0 Å². The van der Waals surface area contributed by atoms with Crippen LogP contribution in [0.1, 0.15) is 25.8 Å². The molecule has 0 saturated carbocycles. The zero-order valence-electron chi connectivity index (χ0n) is 13.0. The first-order chi connectivity index (χ1) is 10.2. The molecule has 0 bridgehead atoms. The summed E-state index contributed by atoms with van der Waals surface area (Å²) in [5, 5.41) is 3.42. The molecule has 1 unspecified atom stereocenters. The lowest BCUT2D eigenvalue weighted by molar-refractivity contribution is -0.131. The Labute approximate surface area is 132 Å². The van der Waals surface area contributed by atoms with Crippen molar-refractivity contribution in [2.24, 2.45) is 5.92 Å². The molecule has 1 aromatic carbocycles. The number of nitrogens with one attached hydrogen (secondary N) is 1. The number of carbonyl (C=O) groups excluding carboxylic acids is 1. The van der Waals surface area contributed by atoms with Crippen LogP contribution in [0.4, 0.5) is 0 Å². The van der Waals surface area contributed by atoms with Gasteiger partial charge in [0.05, 0.1) is 5.25 Å². The highest BCUT2D eigenvalue weighted by Crippen LogP contribution is 2.25. The highest BCUT2D eigenvalue weighted by Gasteiger charge is 2.27. The van der Waals surface area contributed by atoms with Crippen molar-refractivity contribution < 1.29 is 4.79 Å². The molecule has 21 heavy (non-hydrogen) atoms. The van der Waals surface area contributed by atoms with Crippen molar-refractivity contribution in [1.29, 1.82) is 0 Å². The minimum atomic E-state index is 0.0586. The molecule has 0 radical (unpaired) electrons. The molecule has 1 aromatic rings. The minimum Gasteiger partial charge on any atom is -0.340 e. The Bertz CT molecular complexity index is 428. The van der Waals surface area contributed by atoms with Gasteiger partial charge in [-0.05, 0) is 24.4 Å². The van der Waals surface area contributed by atoms with E-state index in [9.17, 15) is 4.79 Å². The van der Waals surface area contributed by atoms with Crippen molar-refractivity contribution in [3.63, 3.8) is 0 Å². The molecule has 116 valence electrons. The topological polar surface area (TPSA) is 32.3 Å². The maximum atomic E-state index is 12.8. The first kappa shape index (κ1) is 16.4. The summed E-state index contributed by atoms with van der Waals surface area (Å²) < 4.78 is 0. The summed E-state index contributed by atoms with van der Waals surface area (Å²) in [6.07, 6.45) is 1.06. The molecule has 4 heteroatoms. The van der Waals surface area contributed by atoms with E-state index in [0.29, 0.717) is 11.8 Å². The summed E-state index contributed by atoms with van der Waals surface area (Å²) in [5.41, 5.74) is 1.29. The molecular formula is C17H26N2OS. The smallest absolute Gasteiger partial charge is 0.236 e. The summed E-state index contributed by atoms with van der Waals surface area (Å²) in [6.45, 7) is 7.97. The van der Waals surface area contributed by atoms with E-state index in [0.717, 1.165) is 38.4 Å². The minimum absolute atomic E-state index is 0.0586. The third kappa shape index (κ3) is 5.04. The molecule has 1 aliphatic rings. The first-order valence-electron chi connectivity index (χ1n) is 7.83. The lowest BCUT2D eigenvalue weighted by Gasteiger charge is -2.27. The normalized spacial score (nSPS) is 17.6. The van der Waals surface area contributed by atoms with Crippen LogP contribution in [0.3, 0.4) is 0 Å². The van der Waals surface area contributed by atoms with Crippen molar-refractivity contribution >= 4 is 17.7 Å². The van der Waals surface area contributed by atoms with Gasteiger partial charge < -0.3 is 10.2 Å². The molecule has 0 spiro atoms. The van der Waals surface area contributed by atoms with E-state index in [1.807, 2.05) is 11.0 Å². The Morgan fingerprint density at radius 2 is 2.00 bits per heavy atom. The predicted octanol–water partition coefficient (Wildman–Crippen LogP) is 2.77. The van der Waals surface area contributed by atoms with Crippen molar-refractivity contribution in [3.8, 4) is 0 Å². The Hall–Kier alpha value is -1.00. The molecule has 2 rings (SSSR count). The number of hydrogen-bond acceptors (Lipinski definition) is 3. The second-order valence-corrected chi connectivity index (χ2v) is 7.02. The summed E-state index contributed by atoms with van der Waals surface area (Å²) in [5.74, 6) is 1.58. The van der Waals surface area contributed by atoms with Crippen LogP contribution >= 0.6 is 11.8 Å². The average molecular weight is 306 g/mol. The van der Waals surface area contributed by atoms with E-state index in [2.05, 4.69) is 43.4 Å². The first-order valence-corrected chi connectivity index (χ1v) is 8.88. The maximum Gasteiger partial charge on any atom is 0.236 e. The van der Waals surface area contributed by atoms with Crippen LogP contribution in [0, 0.1) is 5.92 Å². The van der Waals surface area contributed by atoms with Crippen LogP contribution in [0.25, 0.3) is 0 Å². The molecule has 1 aliphatic heterocycles. The van der Waals surface area contributed by atoms with Crippen molar-refractivity contribution in [2.45, 2.75) is 31.3 Å². The fourth-order valence-electron chi connectivity index (χ4n) is 2.56. The van der Waals surface area contributed by atoms with Crippen LogP contribution in [-0.4, -0.2) is 42.2 Å². The molecule has 1 N–H and O–H groups in total. The quantitative estimate of drug-likeness (QED) is 0.908. The van der Waals surface area contributed by atoms with Gasteiger partial charge in [-0.2, -0.15) is 0 Å². The van der Waals surface area contributed by atoms with Gasteiger partial charge in [0.2, 0.25) is 5.91 Å². The van der Waals surface area contributed by atoms with Gasteiger partial charge in [0.15, 0.2) is 0 Å². The number of benzene rings is 1. The number of amides is 1. The van der Waals surface area contributed by atoms with E-state index in [4.69, 9.17) is 0 Å². The number of carbonyl (C=O) groups is 1. The van der Waals surface area contributed by atoms with Crippen LogP contribution in [0.15, 0.2) is 30.3 Å². The second kappa shape index (κ2) is 8.44. The maximum absolute atomic E-state index is 12.8. The third-order valence-corrected chi connectivity index (χ3v) is 5.38. The molecule has 1 heterocycles. The third-order valence-electron chi connectivity index (χ3n) is 3.77. The molecule has 0 aromatic heterocycles. The van der Waals surface area contributed by atoms with E-state index >= 15 is 0 Å². The average Bonchev–Trinajstić information content (AvgIpc) is 2.77. The van der Waals surface area contributed by atoms with Gasteiger partial charge in [-0.1, -0.05) is 44.2 Å². The van der Waals surface area contributed by atoms with Gasteiger partial charge in [0.1, 0.15) is 0 Å². The molecule has 1 amide bonds. The summed E-state index contributed by atoms with van der Waals surface area (Å²) in [4.78, 5) is 14.8. The lowest BCUT2D eigenvalue weighted by atomic mass is 10.1. The van der Waals surface area contributed by atoms with E-state index in [-0.39, 0.29) is 5.25 Å². The van der Waals surface area contributed by atoms with Gasteiger partial charge >= 0.3 is 0 Å². The fourth-order valence-corrected chi connectivity index (χ4v) is 3.80. The predicted molar refractivity (Wildman–Crippen MR) is 90.4 cm³/mol.